The summed E-state index contributed by atoms with van der Waals surface area (Å²) in [5, 5.41) is 9.49. The molecule has 0 radical (unpaired) electrons. The first-order valence-corrected chi connectivity index (χ1v) is 8.17. The summed E-state index contributed by atoms with van der Waals surface area (Å²) in [4.78, 5) is 28.7. The van der Waals surface area contributed by atoms with Gasteiger partial charge in [0, 0.05) is 6.54 Å². The van der Waals surface area contributed by atoms with Gasteiger partial charge in [-0.15, -0.1) is 0 Å². The standard InChI is InChI=1S/C20H16N2O3/c23-19-16-12-15(20(24)25)8-9-17(16)21-18-14(7-4-10-22(18)19)11-13-5-2-1-3-6-13/h1-3,5-6,8-9,11-12H,4,7,10H2,(H,24,25)/b14-11+. The third-order valence-corrected chi connectivity index (χ3v) is 4.46. The predicted molar refractivity (Wildman–Crippen MR) is 96.5 cm³/mol. The molecule has 0 unspecified atom stereocenters. The zero-order chi connectivity index (χ0) is 17.4. The highest BCUT2D eigenvalue weighted by Crippen LogP contribution is 2.27. The van der Waals surface area contributed by atoms with Crippen LogP contribution < -0.4 is 5.56 Å². The van der Waals surface area contributed by atoms with Crippen LogP contribution in [0.15, 0.2) is 53.3 Å². The molecule has 1 aliphatic rings. The van der Waals surface area contributed by atoms with E-state index in [1.165, 1.54) is 12.1 Å². The van der Waals surface area contributed by atoms with Crippen LogP contribution in [-0.2, 0) is 6.54 Å². The molecule has 5 nitrogen and oxygen atoms in total. The van der Waals surface area contributed by atoms with E-state index >= 15 is 0 Å². The molecule has 0 fully saturated rings. The van der Waals surface area contributed by atoms with E-state index in [2.05, 4.69) is 11.1 Å². The van der Waals surface area contributed by atoms with Crippen LogP contribution in [-0.4, -0.2) is 20.6 Å². The van der Waals surface area contributed by atoms with Crippen molar-refractivity contribution in [2.75, 3.05) is 0 Å². The number of fused-ring (bicyclic) bond motifs is 2. The molecule has 4 rings (SSSR count). The van der Waals surface area contributed by atoms with Crippen molar-refractivity contribution in [1.82, 2.24) is 9.55 Å². The van der Waals surface area contributed by atoms with Crippen molar-refractivity contribution in [2.45, 2.75) is 19.4 Å². The number of hydrogen-bond acceptors (Lipinski definition) is 3. The van der Waals surface area contributed by atoms with E-state index in [9.17, 15) is 9.59 Å². The van der Waals surface area contributed by atoms with Crippen LogP contribution in [0.5, 0.6) is 0 Å². The summed E-state index contributed by atoms with van der Waals surface area (Å²) in [6.45, 7) is 0.598. The molecule has 2 heterocycles. The second kappa shape index (κ2) is 6.02. The van der Waals surface area contributed by atoms with Crippen molar-refractivity contribution in [3.05, 3.63) is 75.8 Å². The van der Waals surface area contributed by atoms with Gasteiger partial charge in [0.25, 0.3) is 5.56 Å². The maximum atomic E-state index is 12.8. The Balaban J connectivity index is 1.92. The molecule has 2 aromatic carbocycles. The normalized spacial score (nSPS) is 15.3. The Morgan fingerprint density at radius 3 is 2.72 bits per heavy atom. The second-order valence-electron chi connectivity index (χ2n) is 6.11. The van der Waals surface area contributed by atoms with Crippen LogP contribution in [0.1, 0.15) is 34.6 Å². The monoisotopic (exact) mass is 332 g/mol. The number of hydrogen-bond donors (Lipinski definition) is 1. The molecule has 5 heteroatoms. The van der Waals surface area contributed by atoms with Gasteiger partial charge in [0.2, 0.25) is 0 Å². The Hall–Kier alpha value is -3.21. The first kappa shape index (κ1) is 15.3. The third kappa shape index (κ3) is 2.74. The Morgan fingerprint density at radius 2 is 1.96 bits per heavy atom. The maximum absolute atomic E-state index is 12.8. The first-order valence-electron chi connectivity index (χ1n) is 8.17. The first-order chi connectivity index (χ1) is 12.1. The number of benzene rings is 2. The molecule has 0 bridgehead atoms. The molecule has 0 saturated heterocycles. The Bertz CT molecular complexity index is 1070. The van der Waals surface area contributed by atoms with Crippen LogP contribution in [0.3, 0.4) is 0 Å². The number of aromatic carboxylic acids is 1. The molecule has 1 aromatic heterocycles. The number of carboxylic acid groups (broad SMARTS) is 1. The molecule has 0 aliphatic carbocycles. The number of carboxylic acids is 1. The molecule has 1 aliphatic heterocycles. The van der Waals surface area contributed by atoms with Crippen LogP contribution in [0, 0.1) is 0 Å². The fourth-order valence-corrected chi connectivity index (χ4v) is 3.23. The van der Waals surface area contributed by atoms with Crippen molar-refractivity contribution in [1.29, 1.82) is 0 Å². The molecule has 0 saturated carbocycles. The summed E-state index contributed by atoms with van der Waals surface area (Å²) in [7, 11) is 0. The van der Waals surface area contributed by atoms with E-state index in [-0.39, 0.29) is 11.1 Å². The lowest BCUT2D eigenvalue weighted by Crippen LogP contribution is -2.28. The van der Waals surface area contributed by atoms with Crippen molar-refractivity contribution in [3.8, 4) is 0 Å². The van der Waals surface area contributed by atoms with Crippen LogP contribution >= 0.6 is 0 Å². The minimum atomic E-state index is -1.05. The zero-order valence-corrected chi connectivity index (χ0v) is 13.5. The lowest BCUT2D eigenvalue weighted by Gasteiger charge is -2.21. The summed E-state index contributed by atoms with van der Waals surface area (Å²) in [5.74, 6) is -0.371. The summed E-state index contributed by atoms with van der Waals surface area (Å²) in [6.07, 6.45) is 3.78. The van der Waals surface area contributed by atoms with Gasteiger partial charge < -0.3 is 5.11 Å². The molecule has 25 heavy (non-hydrogen) atoms. The van der Waals surface area contributed by atoms with Crippen LogP contribution in [0.4, 0.5) is 0 Å². The summed E-state index contributed by atoms with van der Waals surface area (Å²) in [6, 6.07) is 14.5. The molecule has 3 aromatic rings. The molecule has 0 atom stereocenters. The fourth-order valence-electron chi connectivity index (χ4n) is 3.23. The van der Waals surface area contributed by atoms with E-state index < -0.39 is 5.97 Å². The highest BCUT2D eigenvalue weighted by molar-refractivity contribution is 5.93. The number of rotatable bonds is 2. The topological polar surface area (TPSA) is 72.2 Å². The minimum absolute atomic E-state index is 0.0998. The smallest absolute Gasteiger partial charge is 0.335 e. The average Bonchev–Trinajstić information content (AvgIpc) is 2.63. The number of allylic oxidation sites excluding steroid dienone is 1. The van der Waals surface area contributed by atoms with Crippen LogP contribution in [0.25, 0.3) is 22.6 Å². The Kier molecular flexibility index (Phi) is 3.69. The maximum Gasteiger partial charge on any atom is 0.335 e. The van der Waals surface area contributed by atoms with E-state index in [0.717, 1.165) is 24.0 Å². The fraction of sp³-hybridized carbons (Fsp3) is 0.150. The largest absolute Gasteiger partial charge is 0.478 e. The summed E-state index contributed by atoms with van der Waals surface area (Å²) < 4.78 is 1.66. The van der Waals surface area contributed by atoms with Gasteiger partial charge in [-0.1, -0.05) is 30.3 Å². The molecular weight excluding hydrogens is 316 g/mol. The number of nitrogens with zero attached hydrogens (tertiary/aromatic N) is 2. The van der Waals surface area contributed by atoms with Gasteiger partial charge in [-0.2, -0.15) is 0 Å². The van der Waals surface area contributed by atoms with Crippen molar-refractivity contribution < 1.29 is 9.90 Å². The van der Waals surface area contributed by atoms with Gasteiger partial charge in [0.1, 0.15) is 5.82 Å². The van der Waals surface area contributed by atoms with Gasteiger partial charge in [0.15, 0.2) is 0 Å². The summed E-state index contributed by atoms with van der Waals surface area (Å²) >= 11 is 0. The van der Waals surface area contributed by atoms with Crippen molar-refractivity contribution >= 4 is 28.5 Å². The van der Waals surface area contributed by atoms with Crippen molar-refractivity contribution in [3.63, 3.8) is 0 Å². The SMILES string of the molecule is O=C(O)c1ccc2nc3n(c(=O)c2c1)CCC/C3=C\c1ccccc1. The van der Waals surface area contributed by atoms with Gasteiger partial charge in [-0.3, -0.25) is 9.36 Å². The lowest BCUT2D eigenvalue weighted by molar-refractivity contribution is 0.0697. The average molecular weight is 332 g/mol. The van der Waals surface area contributed by atoms with Gasteiger partial charge in [-0.25, -0.2) is 9.78 Å². The number of aromatic nitrogens is 2. The molecule has 124 valence electrons. The molecule has 1 N–H and O–H groups in total. The highest BCUT2D eigenvalue weighted by Gasteiger charge is 2.19. The van der Waals surface area contributed by atoms with Gasteiger partial charge >= 0.3 is 5.97 Å². The molecule has 0 spiro atoms. The third-order valence-electron chi connectivity index (χ3n) is 4.46. The lowest BCUT2D eigenvalue weighted by atomic mass is 10.0. The predicted octanol–water partition coefficient (Wildman–Crippen LogP) is 3.43. The van der Waals surface area contributed by atoms with E-state index in [4.69, 9.17) is 5.11 Å². The Labute approximate surface area is 143 Å². The summed E-state index contributed by atoms with van der Waals surface area (Å²) in [5.41, 5.74) is 2.55. The van der Waals surface area contributed by atoms with E-state index in [1.807, 2.05) is 30.3 Å². The van der Waals surface area contributed by atoms with E-state index in [1.54, 1.807) is 10.6 Å². The van der Waals surface area contributed by atoms with E-state index in [0.29, 0.717) is 23.3 Å². The molecule has 0 amide bonds. The Morgan fingerprint density at radius 1 is 1.16 bits per heavy atom. The van der Waals surface area contributed by atoms with Gasteiger partial charge in [-0.05, 0) is 48.3 Å². The van der Waals surface area contributed by atoms with Crippen molar-refractivity contribution in [2.24, 2.45) is 0 Å². The highest BCUT2D eigenvalue weighted by atomic mass is 16.4. The zero-order valence-electron chi connectivity index (χ0n) is 13.5. The van der Waals surface area contributed by atoms with Crippen LogP contribution in [0.2, 0.25) is 0 Å². The number of carbonyl (C=O) groups is 1. The second-order valence-corrected chi connectivity index (χ2v) is 6.11. The van der Waals surface area contributed by atoms with Gasteiger partial charge in [0.05, 0.1) is 16.5 Å². The quantitative estimate of drug-likeness (QED) is 0.780. The minimum Gasteiger partial charge on any atom is -0.478 e. The molecular formula is C20H16N2O3.